The van der Waals surface area contributed by atoms with Crippen LogP contribution in [0.25, 0.3) is 0 Å². The van der Waals surface area contributed by atoms with Gasteiger partial charge in [-0.3, -0.25) is 4.79 Å². The minimum absolute atomic E-state index is 0.170. The van der Waals surface area contributed by atoms with Crippen molar-refractivity contribution in [3.8, 4) is 0 Å². The predicted molar refractivity (Wildman–Crippen MR) is 91.1 cm³/mol. The number of halogens is 1. The Balaban J connectivity index is 1.75. The molecule has 1 N–H and O–H groups in total. The van der Waals surface area contributed by atoms with E-state index >= 15 is 0 Å². The number of nitrogens with zero attached hydrogens (tertiary/aromatic N) is 1. The molecular formula is C19H23FN2O3. The Morgan fingerprint density at radius 3 is 2.72 bits per heavy atom. The number of benzene rings is 1. The molecule has 1 aliphatic heterocycles. The Hall–Kier alpha value is -2.21. The topological polar surface area (TPSA) is 64.4 Å². The van der Waals surface area contributed by atoms with Crippen molar-refractivity contribution in [1.82, 2.24) is 10.5 Å². The Kier molecular flexibility index (Phi) is 5.18. The Labute approximate surface area is 146 Å². The van der Waals surface area contributed by atoms with Crippen molar-refractivity contribution < 1.29 is 18.4 Å². The fraction of sp³-hybridized carbons (Fsp3) is 0.474. The van der Waals surface area contributed by atoms with Gasteiger partial charge in [-0.15, -0.1) is 0 Å². The van der Waals surface area contributed by atoms with Crippen LogP contribution in [0.15, 0.2) is 34.9 Å². The van der Waals surface area contributed by atoms with Crippen LogP contribution in [0, 0.1) is 5.82 Å². The highest BCUT2D eigenvalue weighted by Crippen LogP contribution is 2.34. The highest BCUT2D eigenvalue weighted by atomic mass is 19.1. The average molecular weight is 346 g/mol. The molecule has 0 radical (unpaired) electrons. The van der Waals surface area contributed by atoms with Gasteiger partial charge < -0.3 is 14.6 Å². The summed E-state index contributed by atoms with van der Waals surface area (Å²) in [6.07, 6.45) is 1.46. The van der Waals surface area contributed by atoms with E-state index in [4.69, 9.17) is 9.26 Å². The molecule has 2 aromatic rings. The van der Waals surface area contributed by atoms with Crippen LogP contribution in [0.4, 0.5) is 4.39 Å². The van der Waals surface area contributed by atoms with E-state index in [2.05, 4.69) is 10.5 Å². The van der Waals surface area contributed by atoms with Gasteiger partial charge in [0.1, 0.15) is 11.6 Å². The third-order valence-electron chi connectivity index (χ3n) is 4.80. The second kappa shape index (κ2) is 7.35. The number of rotatable bonds is 5. The summed E-state index contributed by atoms with van der Waals surface area (Å²) >= 11 is 0. The van der Waals surface area contributed by atoms with Crippen molar-refractivity contribution in [3.63, 3.8) is 0 Å². The molecule has 1 amide bonds. The molecule has 134 valence electrons. The number of amides is 1. The lowest BCUT2D eigenvalue weighted by molar-refractivity contribution is 0.0485. The summed E-state index contributed by atoms with van der Waals surface area (Å²) < 4.78 is 24.3. The van der Waals surface area contributed by atoms with Crippen molar-refractivity contribution >= 4 is 5.91 Å². The van der Waals surface area contributed by atoms with Gasteiger partial charge in [0.2, 0.25) is 0 Å². The largest absolute Gasteiger partial charge is 0.381 e. The quantitative estimate of drug-likeness (QED) is 0.901. The van der Waals surface area contributed by atoms with Crippen LogP contribution < -0.4 is 5.32 Å². The number of carbonyl (C=O) groups is 1. The van der Waals surface area contributed by atoms with Crippen LogP contribution in [-0.2, 0) is 10.2 Å². The van der Waals surface area contributed by atoms with Gasteiger partial charge in [-0.05, 0) is 30.5 Å². The minimum Gasteiger partial charge on any atom is -0.381 e. The fourth-order valence-corrected chi connectivity index (χ4v) is 3.16. The van der Waals surface area contributed by atoms with E-state index in [1.54, 1.807) is 18.2 Å². The zero-order valence-electron chi connectivity index (χ0n) is 14.5. The van der Waals surface area contributed by atoms with Gasteiger partial charge in [0, 0.05) is 37.2 Å². The van der Waals surface area contributed by atoms with Crippen molar-refractivity contribution in [1.29, 1.82) is 0 Å². The summed E-state index contributed by atoms with van der Waals surface area (Å²) in [5, 5.41) is 6.78. The number of ether oxygens (including phenoxy) is 1. The maximum atomic E-state index is 13.7. The van der Waals surface area contributed by atoms with Crippen LogP contribution in [0.1, 0.15) is 54.4 Å². The Morgan fingerprint density at radius 2 is 2.08 bits per heavy atom. The Morgan fingerprint density at radius 1 is 1.32 bits per heavy atom. The van der Waals surface area contributed by atoms with Crippen LogP contribution in [0.2, 0.25) is 0 Å². The minimum atomic E-state index is -0.333. The van der Waals surface area contributed by atoms with Gasteiger partial charge in [0.05, 0.1) is 0 Å². The van der Waals surface area contributed by atoms with E-state index in [0.29, 0.717) is 25.5 Å². The van der Waals surface area contributed by atoms with Crippen molar-refractivity contribution in [2.75, 3.05) is 19.8 Å². The first-order valence-electron chi connectivity index (χ1n) is 8.59. The molecule has 0 bridgehead atoms. The molecule has 1 aromatic heterocycles. The molecule has 5 nitrogen and oxygen atoms in total. The number of nitrogens with one attached hydrogen (secondary N) is 1. The van der Waals surface area contributed by atoms with Gasteiger partial charge >= 0.3 is 0 Å². The fourth-order valence-electron chi connectivity index (χ4n) is 3.16. The maximum absolute atomic E-state index is 13.7. The number of aromatic nitrogens is 1. The normalized spacial score (nSPS) is 16.8. The van der Waals surface area contributed by atoms with E-state index in [-0.39, 0.29) is 28.8 Å². The molecular weight excluding hydrogens is 323 g/mol. The van der Waals surface area contributed by atoms with Crippen LogP contribution in [0.5, 0.6) is 0 Å². The lowest BCUT2D eigenvalue weighted by Crippen LogP contribution is -2.44. The van der Waals surface area contributed by atoms with E-state index in [1.165, 1.54) is 6.07 Å². The SMILES string of the molecule is CC(C)c1cc(C(=O)NCC2(c3cccc(F)c3)CCOCC2)no1. The van der Waals surface area contributed by atoms with E-state index in [1.807, 2.05) is 19.9 Å². The third-order valence-corrected chi connectivity index (χ3v) is 4.80. The molecule has 1 saturated heterocycles. The molecule has 1 aromatic carbocycles. The average Bonchev–Trinajstić information content (AvgIpc) is 3.11. The molecule has 0 unspecified atom stereocenters. The molecule has 6 heteroatoms. The number of hydrogen-bond acceptors (Lipinski definition) is 4. The molecule has 0 atom stereocenters. The predicted octanol–water partition coefficient (Wildman–Crippen LogP) is 3.42. The van der Waals surface area contributed by atoms with E-state index in [9.17, 15) is 9.18 Å². The lowest BCUT2D eigenvalue weighted by Gasteiger charge is -2.37. The summed E-state index contributed by atoms with van der Waals surface area (Å²) in [7, 11) is 0. The van der Waals surface area contributed by atoms with Gasteiger partial charge in [-0.25, -0.2) is 4.39 Å². The molecule has 3 rings (SSSR count). The highest BCUT2D eigenvalue weighted by Gasteiger charge is 2.35. The third kappa shape index (κ3) is 3.90. The number of carbonyl (C=O) groups excluding carboxylic acids is 1. The zero-order valence-corrected chi connectivity index (χ0v) is 14.5. The molecule has 0 aliphatic carbocycles. The second-order valence-corrected chi connectivity index (χ2v) is 6.85. The van der Waals surface area contributed by atoms with Gasteiger partial charge in [0.25, 0.3) is 5.91 Å². The molecule has 1 fully saturated rings. The first kappa shape index (κ1) is 17.6. The standard InChI is InChI=1S/C19H23FN2O3/c1-13(2)17-11-16(22-25-17)18(23)21-12-19(6-8-24-9-7-19)14-4-3-5-15(20)10-14/h3-5,10-11,13H,6-9,12H2,1-2H3,(H,21,23). The summed E-state index contributed by atoms with van der Waals surface area (Å²) in [5.41, 5.74) is 0.824. The highest BCUT2D eigenvalue weighted by molar-refractivity contribution is 5.92. The van der Waals surface area contributed by atoms with E-state index < -0.39 is 0 Å². The van der Waals surface area contributed by atoms with Gasteiger partial charge in [0.15, 0.2) is 5.69 Å². The van der Waals surface area contributed by atoms with Gasteiger partial charge in [-0.1, -0.05) is 31.1 Å². The summed E-state index contributed by atoms with van der Waals surface area (Å²) in [6, 6.07) is 8.25. The maximum Gasteiger partial charge on any atom is 0.273 e. The molecule has 0 saturated carbocycles. The molecule has 0 spiro atoms. The van der Waals surface area contributed by atoms with Crippen LogP contribution in [-0.4, -0.2) is 30.8 Å². The monoisotopic (exact) mass is 346 g/mol. The van der Waals surface area contributed by atoms with Crippen molar-refractivity contribution in [2.45, 2.75) is 38.0 Å². The lowest BCUT2D eigenvalue weighted by atomic mass is 9.74. The van der Waals surface area contributed by atoms with Crippen LogP contribution >= 0.6 is 0 Å². The zero-order chi connectivity index (χ0) is 17.9. The first-order chi connectivity index (χ1) is 12.0. The number of hydrogen-bond donors (Lipinski definition) is 1. The smallest absolute Gasteiger partial charge is 0.273 e. The first-order valence-corrected chi connectivity index (χ1v) is 8.59. The molecule has 1 aliphatic rings. The molecule has 25 heavy (non-hydrogen) atoms. The van der Waals surface area contributed by atoms with Crippen molar-refractivity contribution in [3.05, 3.63) is 53.2 Å². The van der Waals surface area contributed by atoms with Crippen LogP contribution in [0.3, 0.4) is 0 Å². The van der Waals surface area contributed by atoms with E-state index in [0.717, 1.165) is 18.4 Å². The molecule has 2 heterocycles. The van der Waals surface area contributed by atoms with Gasteiger partial charge in [-0.2, -0.15) is 0 Å². The Bertz CT molecular complexity index is 736. The summed E-state index contributed by atoms with van der Waals surface area (Å²) in [5.74, 6) is 0.296. The summed E-state index contributed by atoms with van der Waals surface area (Å²) in [6.45, 7) is 5.54. The second-order valence-electron chi connectivity index (χ2n) is 6.85. The summed E-state index contributed by atoms with van der Waals surface area (Å²) in [4.78, 5) is 12.4. The van der Waals surface area contributed by atoms with Crippen molar-refractivity contribution in [2.24, 2.45) is 0 Å².